The fourth-order valence-corrected chi connectivity index (χ4v) is 8.56. The standard InChI is InChI=1S/C36H53NO5/c1-7-22(2)33(40)42-32(36(17-18-36)34-37-24(4)21-41-34)15-10-23(3)29-13-14-30-26(9-8-16-35(29,30)6)11-12-27-19-28(38)20-31(39)25(27)5/h11-12,21-23,28-32,38-39H,5,7-10,13-20H2,1-4,6H3/b26-11+,27-12-/t22?,23-,28-,29-,30+,31+,32+,35-/m1/s1. The number of carbonyl (C=O) groups excluding carboxylic acids is 1. The molecule has 0 aromatic carbocycles. The monoisotopic (exact) mass is 579 g/mol. The van der Waals surface area contributed by atoms with Crippen molar-refractivity contribution in [3.63, 3.8) is 0 Å². The average molecular weight is 580 g/mol. The van der Waals surface area contributed by atoms with E-state index in [1.165, 1.54) is 31.3 Å². The molecule has 232 valence electrons. The second-order valence-electron chi connectivity index (χ2n) is 14.4. The van der Waals surface area contributed by atoms with Crippen molar-refractivity contribution in [3.05, 3.63) is 53.3 Å². The van der Waals surface area contributed by atoms with Crippen molar-refractivity contribution in [2.75, 3.05) is 0 Å². The maximum absolute atomic E-state index is 13.0. The maximum atomic E-state index is 13.0. The first-order valence-electron chi connectivity index (χ1n) is 16.6. The van der Waals surface area contributed by atoms with Crippen LogP contribution in [0.25, 0.3) is 0 Å². The van der Waals surface area contributed by atoms with Crippen LogP contribution in [0.4, 0.5) is 0 Å². The fraction of sp³-hybridized carbons (Fsp3) is 0.722. The minimum absolute atomic E-state index is 0.102. The summed E-state index contributed by atoms with van der Waals surface area (Å²) in [5.74, 6) is 2.23. The maximum Gasteiger partial charge on any atom is 0.308 e. The number of aromatic nitrogens is 1. The van der Waals surface area contributed by atoms with E-state index in [0.29, 0.717) is 30.6 Å². The number of aryl methyl sites for hydroxylation is 1. The van der Waals surface area contributed by atoms with Gasteiger partial charge in [-0.25, -0.2) is 4.98 Å². The van der Waals surface area contributed by atoms with E-state index in [-0.39, 0.29) is 28.8 Å². The summed E-state index contributed by atoms with van der Waals surface area (Å²) in [6, 6.07) is 0. The largest absolute Gasteiger partial charge is 0.461 e. The second kappa shape index (κ2) is 12.4. The first kappa shape index (κ1) is 31.3. The molecule has 1 aromatic rings. The molecule has 0 saturated heterocycles. The highest BCUT2D eigenvalue weighted by atomic mass is 16.5. The van der Waals surface area contributed by atoms with Gasteiger partial charge in [-0.3, -0.25) is 4.79 Å². The van der Waals surface area contributed by atoms with Crippen LogP contribution in [0.3, 0.4) is 0 Å². The summed E-state index contributed by atoms with van der Waals surface area (Å²) >= 11 is 0. The molecular weight excluding hydrogens is 526 g/mol. The van der Waals surface area contributed by atoms with Crippen molar-refractivity contribution >= 4 is 5.97 Å². The third-order valence-electron chi connectivity index (χ3n) is 11.6. The summed E-state index contributed by atoms with van der Waals surface area (Å²) in [5.41, 5.74) is 4.11. The van der Waals surface area contributed by atoms with Gasteiger partial charge in [0.25, 0.3) is 0 Å². The van der Waals surface area contributed by atoms with Gasteiger partial charge in [-0.15, -0.1) is 0 Å². The van der Waals surface area contributed by atoms with Crippen LogP contribution < -0.4 is 0 Å². The van der Waals surface area contributed by atoms with E-state index < -0.39 is 12.2 Å². The number of fused-ring (bicyclic) bond motifs is 1. The molecule has 8 atom stereocenters. The van der Waals surface area contributed by atoms with E-state index in [0.717, 1.165) is 61.3 Å². The second-order valence-corrected chi connectivity index (χ2v) is 14.4. The lowest BCUT2D eigenvalue weighted by Gasteiger charge is -2.44. The van der Waals surface area contributed by atoms with Crippen LogP contribution >= 0.6 is 0 Å². The Balaban J connectivity index is 1.29. The van der Waals surface area contributed by atoms with Crippen molar-refractivity contribution in [3.8, 4) is 0 Å². The predicted octanol–water partition coefficient (Wildman–Crippen LogP) is 7.53. The number of nitrogens with zero attached hydrogens (tertiary/aromatic N) is 1. The number of esters is 1. The Hall–Kier alpha value is -2.18. The molecular formula is C36H53NO5. The summed E-state index contributed by atoms with van der Waals surface area (Å²) in [7, 11) is 0. The number of ether oxygens (including phenoxy) is 1. The Bertz CT molecular complexity index is 1210. The summed E-state index contributed by atoms with van der Waals surface area (Å²) in [6.45, 7) is 15.0. The van der Waals surface area contributed by atoms with Crippen molar-refractivity contribution in [1.82, 2.24) is 4.98 Å². The molecule has 1 heterocycles. The molecule has 6 nitrogen and oxygen atoms in total. The lowest BCUT2D eigenvalue weighted by atomic mass is 9.60. The quantitative estimate of drug-likeness (QED) is 0.278. The number of allylic oxidation sites excluding steroid dienone is 3. The SMILES string of the molecule is C=C1/C(=C\C=C2/CCC[C@]3(C)[C@@H]([C@H](C)CC[C@H](OC(=O)C(C)CC)C4(c5nc(C)co5)CC4)CC[C@@H]23)C[C@@H](O)C[C@@H]1O. The number of rotatable bonds is 10. The van der Waals surface area contributed by atoms with E-state index in [1.807, 2.05) is 20.8 Å². The Labute approximate surface area is 252 Å². The zero-order valence-corrected chi connectivity index (χ0v) is 26.5. The van der Waals surface area contributed by atoms with Gasteiger partial charge in [0.05, 0.1) is 29.2 Å². The van der Waals surface area contributed by atoms with Crippen LogP contribution in [0, 0.1) is 36.0 Å². The summed E-state index contributed by atoms with van der Waals surface area (Å²) in [5, 5.41) is 20.5. The first-order valence-corrected chi connectivity index (χ1v) is 16.6. The molecule has 4 fully saturated rings. The summed E-state index contributed by atoms with van der Waals surface area (Å²) < 4.78 is 12.2. The van der Waals surface area contributed by atoms with Gasteiger partial charge in [-0.05, 0) is 112 Å². The van der Waals surface area contributed by atoms with E-state index in [1.54, 1.807) is 6.26 Å². The molecule has 0 radical (unpaired) electrons. The number of oxazole rings is 1. The van der Waals surface area contributed by atoms with Gasteiger partial charge in [0.2, 0.25) is 5.89 Å². The lowest BCUT2D eigenvalue weighted by molar-refractivity contribution is -0.156. The summed E-state index contributed by atoms with van der Waals surface area (Å²) in [6.07, 6.45) is 16.2. The van der Waals surface area contributed by atoms with Gasteiger partial charge in [-0.1, -0.05) is 52.0 Å². The van der Waals surface area contributed by atoms with Gasteiger partial charge in [-0.2, -0.15) is 0 Å². The van der Waals surface area contributed by atoms with E-state index in [2.05, 4.69) is 37.6 Å². The molecule has 0 amide bonds. The van der Waals surface area contributed by atoms with Gasteiger partial charge in [0, 0.05) is 6.42 Å². The zero-order valence-electron chi connectivity index (χ0n) is 26.5. The zero-order chi connectivity index (χ0) is 30.2. The molecule has 4 aliphatic carbocycles. The van der Waals surface area contributed by atoms with E-state index in [9.17, 15) is 15.0 Å². The molecule has 0 spiro atoms. The van der Waals surface area contributed by atoms with E-state index >= 15 is 0 Å². The van der Waals surface area contributed by atoms with Crippen LogP contribution in [-0.4, -0.2) is 39.5 Å². The normalized spacial score (nSPS) is 34.7. The van der Waals surface area contributed by atoms with Crippen molar-refractivity contribution in [2.45, 2.75) is 135 Å². The Morgan fingerprint density at radius 2 is 1.98 bits per heavy atom. The fourth-order valence-electron chi connectivity index (χ4n) is 8.56. The topological polar surface area (TPSA) is 92.8 Å². The van der Waals surface area contributed by atoms with Gasteiger partial charge >= 0.3 is 5.97 Å². The van der Waals surface area contributed by atoms with Gasteiger partial charge in [0.1, 0.15) is 12.4 Å². The molecule has 1 unspecified atom stereocenters. The molecule has 4 aliphatic rings. The average Bonchev–Trinajstić information content (AvgIpc) is 3.51. The molecule has 5 rings (SSSR count). The Kier molecular flexibility index (Phi) is 9.25. The highest BCUT2D eigenvalue weighted by Gasteiger charge is 2.57. The molecule has 0 aliphatic heterocycles. The van der Waals surface area contributed by atoms with Crippen LogP contribution in [0.1, 0.15) is 116 Å². The number of aliphatic hydroxyl groups excluding tert-OH is 2. The smallest absolute Gasteiger partial charge is 0.308 e. The van der Waals surface area contributed by atoms with Crippen molar-refractivity contribution < 1.29 is 24.2 Å². The highest BCUT2D eigenvalue weighted by molar-refractivity contribution is 5.72. The van der Waals surface area contributed by atoms with Crippen LogP contribution in [0.5, 0.6) is 0 Å². The first-order chi connectivity index (χ1) is 20.0. The molecule has 0 bridgehead atoms. The minimum Gasteiger partial charge on any atom is -0.461 e. The molecule has 2 N–H and O–H groups in total. The third-order valence-corrected chi connectivity index (χ3v) is 11.6. The van der Waals surface area contributed by atoms with Crippen LogP contribution in [0.15, 0.2) is 46.1 Å². The summed E-state index contributed by atoms with van der Waals surface area (Å²) in [4.78, 5) is 17.7. The minimum atomic E-state index is -0.651. The lowest BCUT2D eigenvalue weighted by Crippen LogP contribution is -2.37. The Morgan fingerprint density at radius 3 is 2.64 bits per heavy atom. The number of carbonyl (C=O) groups is 1. The highest BCUT2D eigenvalue weighted by Crippen LogP contribution is 2.60. The van der Waals surface area contributed by atoms with E-state index in [4.69, 9.17) is 9.15 Å². The number of hydrogen-bond acceptors (Lipinski definition) is 6. The predicted molar refractivity (Wildman–Crippen MR) is 165 cm³/mol. The molecule has 1 aromatic heterocycles. The number of hydrogen-bond donors (Lipinski definition) is 2. The van der Waals surface area contributed by atoms with Gasteiger partial charge < -0.3 is 19.4 Å². The third kappa shape index (κ3) is 6.08. The molecule has 4 saturated carbocycles. The van der Waals surface area contributed by atoms with Crippen molar-refractivity contribution in [1.29, 1.82) is 0 Å². The number of aliphatic hydroxyl groups is 2. The molecule has 6 heteroatoms. The van der Waals surface area contributed by atoms with Crippen LogP contribution in [-0.2, 0) is 14.9 Å². The molecule has 42 heavy (non-hydrogen) atoms. The Morgan fingerprint density at radius 1 is 1.21 bits per heavy atom. The van der Waals surface area contributed by atoms with Crippen LogP contribution in [0.2, 0.25) is 0 Å². The van der Waals surface area contributed by atoms with Gasteiger partial charge in [0.15, 0.2) is 0 Å². The van der Waals surface area contributed by atoms with Crippen molar-refractivity contribution in [2.24, 2.45) is 29.1 Å².